The van der Waals surface area contributed by atoms with Gasteiger partial charge in [0.05, 0.1) is 0 Å². The van der Waals surface area contributed by atoms with Crippen molar-refractivity contribution in [3.05, 3.63) is 34.9 Å². The van der Waals surface area contributed by atoms with Crippen molar-refractivity contribution >= 4 is 0 Å². The highest BCUT2D eigenvalue weighted by atomic mass is 14.9. The molecule has 1 aromatic carbocycles. The van der Waals surface area contributed by atoms with Gasteiger partial charge >= 0.3 is 0 Å². The Morgan fingerprint density at radius 1 is 1.21 bits per heavy atom. The van der Waals surface area contributed by atoms with Gasteiger partial charge in [0.25, 0.3) is 0 Å². The van der Waals surface area contributed by atoms with Crippen molar-refractivity contribution in [3.63, 3.8) is 0 Å². The molecule has 1 N–H and O–H groups in total. The number of rotatable bonds is 4. The van der Waals surface area contributed by atoms with Crippen molar-refractivity contribution < 1.29 is 0 Å². The molecule has 1 heteroatoms. The Morgan fingerprint density at radius 3 is 2.29 bits per heavy atom. The minimum Gasteiger partial charge on any atom is -0.310 e. The molecule has 0 bridgehead atoms. The number of aryl methyl sites for hydroxylation is 2. The van der Waals surface area contributed by atoms with Gasteiger partial charge in [-0.05, 0) is 50.4 Å². The molecule has 0 aliphatic rings. The van der Waals surface area contributed by atoms with E-state index in [4.69, 9.17) is 0 Å². The van der Waals surface area contributed by atoms with Crippen molar-refractivity contribution in [1.82, 2.24) is 5.32 Å². The fourth-order valence-corrected chi connectivity index (χ4v) is 1.97. The lowest BCUT2D eigenvalue weighted by Crippen LogP contribution is -2.20. The molecule has 1 rings (SSSR count). The summed E-state index contributed by atoms with van der Waals surface area (Å²) in [6.45, 7) is 9.91. The predicted octanol–water partition coefficient (Wildman–Crippen LogP) is 3.36. The molecule has 0 fully saturated rings. The van der Waals surface area contributed by atoms with E-state index < -0.39 is 0 Å². The summed E-state index contributed by atoms with van der Waals surface area (Å²) in [7, 11) is 0. The van der Waals surface area contributed by atoms with Crippen molar-refractivity contribution in [2.24, 2.45) is 0 Å². The van der Waals surface area contributed by atoms with E-state index in [0.717, 1.165) is 6.54 Å². The molecule has 0 saturated heterocycles. The summed E-state index contributed by atoms with van der Waals surface area (Å²) in [5.74, 6) is 0. The van der Waals surface area contributed by atoms with Gasteiger partial charge in [0.15, 0.2) is 0 Å². The summed E-state index contributed by atoms with van der Waals surface area (Å²) >= 11 is 0. The van der Waals surface area contributed by atoms with Crippen molar-refractivity contribution in [2.75, 3.05) is 6.54 Å². The molecule has 78 valence electrons. The van der Waals surface area contributed by atoms with Crippen LogP contribution in [0.1, 0.15) is 43.0 Å². The Kier molecular flexibility index (Phi) is 4.15. The first kappa shape index (κ1) is 11.3. The molecule has 1 atom stereocenters. The average molecular weight is 191 g/mol. The predicted molar refractivity (Wildman–Crippen MR) is 62.6 cm³/mol. The highest BCUT2D eigenvalue weighted by molar-refractivity contribution is 5.35. The maximum atomic E-state index is 3.53. The van der Waals surface area contributed by atoms with Gasteiger partial charge in [-0.2, -0.15) is 0 Å². The second-order valence-electron chi connectivity index (χ2n) is 3.98. The summed E-state index contributed by atoms with van der Waals surface area (Å²) in [6, 6.07) is 6.97. The van der Waals surface area contributed by atoms with Crippen LogP contribution in [-0.2, 0) is 0 Å². The van der Waals surface area contributed by atoms with Crippen LogP contribution in [0.2, 0.25) is 0 Å². The number of benzene rings is 1. The number of nitrogens with one attached hydrogen (secondary N) is 1. The van der Waals surface area contributed by atoms with Crippen LogP contribution >= 0.6 is 0 Å². The van der Waals surface area contributed by atoms with Crippen LogP contribution in [0.5, 0.6) is 0 Å². The number of hydrogen-bond acceptors (Lipinski definition) is 1. The standard InChI is InChI=1S/C13H21N/c1-5-9-14-12(4)13-10(2)7-6-8-11(13)3/h6-8,12,14H,5,9H2,1-4H3. The third-order valence-corrected chi connectivity index (χ3v) is 2.68. The second-order valence-corrected chi connectivity index (χ2v) is 3.98. The summed E-state index contributed by atoms with van der Waals surface area (Å²) < 4.78 is 0. The van der Waals surface area contributed by atoms with Crippen LogP contribution in [0.15, 0.2) is 18.2 Å². The van der Waals surface area contributed by atoms with Gasteiger partial charge in [-0.1, -0.05) is 25.1 Å². The van der Waals surface area contributed by atoms with Crippen molar-refractivity contribution in [2.45, 2.75) is 40.2 Å². The van der Waals surface area contributed by atoms with Gasteiger partial charge in [-0.15, -0.1) is 0 Å². The van der Waals surface area contributed by atoms with Crippen LogP contribution in [0.25, 0.3) is 0 Å². The van der Waals surface area contributed by atoms with Crippen LogP contribution in [0, 0.1) is 13.8 Å². The van der Waals surface area contributed by atoms with E-state index in [1.807, 2.05) is 0 Å². The molecule has 0 aromatic heterocycles. The van der Waals surface area contributed by atoms with E-state index in [1.54, 1.807) is 0 Å². The largest absolute Gasteiger partial charge is 0.310 e. The Balaban J connectivity index is 2.82. The van der Waals surface area contributed by atoms with Gasteiger partial charge < -0.3 is 5.32 Å². The normalized spacial score (nSPS) is 12.9. The first-order valence-electron chi connectivity index (χ1n) is 5.46. The molecule has 1 aromatic rings. The Labute approximate surface area is 87.5 Å². The van der Waals surface area contributed by atoms with Gasteiger partial charge in [0.2, 0.25) is 0 Å². The highest BCUT2D eigenvalue weighted by Crippen LogP contribution is 2.21. The van der Waals surface area contributed by atoms with Gasteiger partial charge in [-0.25, -0.2) is 0 Å². The van der Waals surface area contributed by atoms with Crippen LogP contribution in [-0.4, -0.2) is 6.54 Å². The van der Waals surface area contributed by atoms with Crippen LogP contribution in [0.3, 0.4) is 0 Å². The molecule has 0 aliphatic heterocycles. The Morgan fingerprint density at radius 2 is 1.79 bits per heavy atom. The van der Waals surface area contributed by atoms with E-state index in [9.17, 15) is 0 Å². The Hall–Kier alpha value is -0.820. The minimum atomic E-state index is 0.469. The molecule has 0 radical (unpaired) electrons. The lowest BCUT2D eigenvalue weighted by Gasteiger charge is -2.18. The summed E-state index contributed by atoms with van der Waals surface area (Å²) in [4.78, 5) is 0. The molecular formula is C13H21N. The minimum absolute atomic E-state index is 0.469. The van der Waals surface area contributed by atoms with Gasteiger partial charge in [-0.3, -0.25) is 0 Å². The fourth-order valence-electron chi connectivity index (χ4n) is 1.97. The molecule has 1 nitrogen and oxygen atoms in total. The third-order valence-electron chi connectivity index (χ3n) is 2.68. The lowest BCUT2D eigenvalue weighted by molar-refractivity contribution is 0.566. The first-order valence-corrected chi connectivity index (χ1v) is 5.46. The van der Waals surface area contributed by atoms with E-state index in [-0.39, 0.29) is 0 Å². The molecular weight excluding hydrogens is 170 g/mol. The Bertz CT molecular complexity index is 271. The van der Waals surface area contributed by atoms with Crippen molar-refractivity contribution in [3.8, 4) is 0 Å². The monoisotopic (exact) mass is 191 g/mol. The zero-order valence-corrected chi connectivity index (χ0v) is 9.72. The van der Waals surface area contributed by atoms with Crippen LogP contribution in [0.4, 0.5) is 0 Å². The van der Waals surface area contributed by atoms with Gasteiger partial charge in [0, 0.05) is 6.04 Å². The molecule has 0 aliphatic carbocycles. The maximum Gasteiger partial charge on any atom is 0.0297 e. The molecule has 0 saturated carbocycles. The average Bonchev–Trinajstić information content (AvgIpc) is 2.14. The molecule has 0 heterocycles. The zero-order chi connectivity index (χ0) is 10.6. The first-order chi connectivity index (χ1) is 6.66. The van der Waals surface area contributed by atoms with E-state index in [2.05, 4.69) is 51.2 Å². The SMILES string of the molecule is CCCNC(C)c1c(C)cccc1C. The summed E-state index contributed by atoms with van der Waals surface area (Å²) in [6.07, 6.45) is 1.19. The summed E-state index contributed by atoms with van der Waals surface area (Å²) in [5.41, 5.74) is 4.24. The second kappa shape index (κ2) is 5.16. The lowest BCUT2D eigenvalue weighted by atomic mass is 9.97. The highest BCUT2D eigenvalue weighted by Gasteiger charge is 2.09. The van der Waals surface area contributed by atoms with Crippen LogP contribution < -0.4 is 5.32 Å². The third kappa shape index (κ3) is 2.58. The smallest absolute Gasteiger partial charge is 0.0297 e. The van der Waals surface area contributed by atoms with Gasteiger partial charge in [0.1, 0.15) is 0 Å². The molecule has 14 heavy (non-hydrogen) atoms. The van der Waals surface area contributed by atoms with E-state index >= 15 is 0 Å². The molecule has 0 spiro atoms. The zero-order valence-electron chi connectivity index (χ0n) is 9.72. The maximum absolute atomic E-state index is 3.53. The fraction of sp³-hybridized carbons (Fsp3) is 0.538. The number of hydrogen-bond donors (Lipinski definition) is 1. The topological polar surface area (TPSA) is 12.0 Å². The molecule has 0 amide bonds. The summed E-state index contributed by atoms with van der Waals surface area (Å²) in [5, 5.41) is 3.53. The van der Waals surface area contributed by atoms with E-state index in [0.29, 0.717) is 6.04 Å². The quantitative estimate of drug-likeness (QED) is 0.769. The molecule has 1 unspecified atom stereocenters. The van der Waals surface area contributed by atoms with Crippen molar-refractivity contribution in [1.29, 1.82) is 0 Å². The van der Waals surface area contributed by atoms with E-state index in [1.165, 1.54) is 23.1 Å².